The molecule has 2 atom stereocenters. The van der Waals surface area contributed by atoms with Crippen molar-refractivity contribution >= 4 is 11.6 Å². The van der Waals surface area contributed by atoms with E-state index in [0.717, 1.165) is 0 Å². The lowest BCUT2D eigenvalue weighted by molar-refractivity contribution is -0.0585. The lowest BCUT2D eigenvalue weighted by Gasteiger charge is -2.35. The van der Waals surface area contributed by atoms with Crippen molar-refractivity contribution in [1.82, 2.24) is 4.90 Å². The summed E-state index contributed by atoms with van der Waals surface area (Å²) in [5.41, 5.74) is 6.87. The van der Waals surface area contributed by atoms with Crippen molar-refractivity contribution in [3.8, 4) is 5.75 Å². The van der Waals surface area contributed by atoms with Gasteiger partial charge in [-0.2, -0.15) is 0 Å². The maximum atomic E-state index is 12.5. The molecule has 1 aliphatic heterocycles. The summed E-state index contributed by atoms with van der Waals surface area (Å²) in [6.07, 6.45) is 0.0966. The highest BCUT2D eigenvalue weighted by atomic mass is 16.5. The van der Waals surface area contributed by atoms with Crippen molar-refractivity contribution in [1.29, 1.82) is 0 Å². The van der Waals surface area contributed by atoms with Gasteiger partial charge in [0.15, 0.2) is 0 Å². The highest BCUT2D eigenvalue weighted by Crippen LogP contribution is 2.22. The highest BCUT2D eigenvalue weighted by molar-refractivity contribution is 5.99. The first-order chi connectivity index (χ1) is 9.01. The lowest BCUT2D eigenvalue weighted by Crippen LogP contribution is -2.48. The van der Waals surface area contributed by atoms with E-state index in [4.69, 9.17) is 15.2 Å². The third-order valence-electron chi connectivity index (χ3n) is 3.20. The molecule has 0 radical (unpaired) electrons. The molecular formula is C14H20N2O3. The Morgan fingerprint density at radius 3 is 2.53 bits per heavy atom. The van der Waals surface area contributed by atoms with E-state index in [1.807, 2.05) is 13.8 Å². The fourth-order valence-corrected chi connectivity index (χ4v) is 2.38. The van der Waals surface area contributed by atoms with Crippen LogP contribution in [0.25, 0.3) is 0 Å². The van der Waals surface area contributed by atoms with Crippen molar-refractivity contribution < 1.29 is 14.3 Å². The van der Waals surface area contributed by atoms with Gasteiger partial charge in [0.25, 0.3) is 5.91 Å². The van der Waals surface area contributed by atoms with Gasteiger partial charge >= 0.3 is 0 Å². The van der Waals surface area contributed by atoms with Crippen LogP contribution in [0.4, 0.5) is 5.69 Å². The van der Waals surface area contributed by atoms with Gasteiger partial charge in [0.1, 0.15) is 5.75 Å². The van der Waals surface area contributed by atoms with Gasteiger partial charge in [0, 0.05) is 24.8 Å². The largest absolute Gasteiger partial charge is 0.497 e. The molecule has 0 aromatic heterocycles. The van der Waals surface area contributed by atoms with Gasteiger partial charge in [-0.15, -0.1) is 0 Å². The molecule has 1 saturated heterocycles. The summed E-state index contributed by atoms with van der Waals surface area (Å²) < 4.78 is 10.7. The average Bonchev–Trinajstić information content (AvgIpc) is 2.36. The minimum absolute atomic E-state index is 0.0483. The number of hydrogen-bond acceptors (Lipinski definition) is 4. The van der Waals surface area contributed by atoms with E-state index in [1.54, 1.807) is 30.2 Å². The van der Waals surface area contributed by atoms with Crippen molar-refractivity contribution in [2.24, 2.45) is 0 Å². The predicted molar refractivity (Wildman–Crippen MR) is 73.3 cm³/mol. The predicted octanol–water partition coefficient (Wildman–Crippen LogP) is 1.53. The number of amides is 1. The van der Waals surface area contributed by atoms with Crippen molar-refractivity contribution in [2.75, 3.05) is 25.9 Å². The molecule has 0 bridgehead atoms. The Morgan fingerprint density at radius 1 is 1.37 bits per heavy atom. The van der Waals surface area contributed by atoms with E-state index in [1.165, 1.54) is 0 Å². The van der Waals surface area contributed by atoms with E-state index in [9.17, 15) is 4.79 Å². The van der Waals surface area contributed by atoms with Crippen LogP contribution in [-0.2, 0) is 4.74 Å². The molecule has 0 saturated carbocycles. The van der Waals surface area contributed by atoms with E-state index < -0.39 is 0 Å². The summed E-state index contributed by atoms with van der Waals surface area (Å²) in [6, 6.07) is 5.12. The maximum Gasteiger partial charge on any atom is 0.256 e. The smallest absolute Gasteiger partial charge is 0.256 e. The summed E-state index contributed by atoms with van der Waals surface area (Å²) in [6.45, 7) is 5.12. The molecule has 1 fully saturated rings. The molecule has 0 aliphatic carbocycles. The number of methoxy groups -OCH3 is 1. The average molecular weight is 264 g/mol. The molecule has 104 valence electrons. The minimum Gasteiger partial charge on any atom is -0.497 e. The molecular weight excluding hydrogens is 244 g/mol. The number of nitrogen functional groups attached to an aromatic ring is 1. The third-order valence-corrected chi connectivity index (χ3v) is 3.20. The second kappa shape index (κ2) is 5.48. The van der Waals surface area contributed by atoms with Crippen LogP contribution in [-0.4, -0.2) is 43.2 Å². The summed E-state index contributed by atoms with van der Waals surface area (Å²) in [5, 5.41) is 0. The second-order valence-electron chi connectivity index (χ2n) is 4.92. The van der Waals surface area contributed by atoms with Crippen molar-refractivity contribution in [2.45, 2.75) is 26.1 Å². The minimum atomic E-state index is -0.0536. The van der Waals surface area contributed by atoms with Crippen molar-refractivity contribution in [3.63, 3.8) is 0 Å². The molecule has 2 N–H and O–H groups in total. The van der Waals surface area contributed by atoms with Crippen LogP contribution in [0, 0.1) is 0 Å². The fourth-order valence-electron chi connectivity index (χ4n) is 2.38. The zero-order valence-electron chi connectivity index (χ0n) is 11.6. The standard InChI is InChI=1S/C14H20N2O3/c1-9-7-16(8-10(2)19-9)14(17)12-5-4-11(18-3)6-13(12)15/h4-6,9-10H,7-8,15H2,1-3H3. The van der Waals surface area contributed by atoms with Gasteiger partial charge < -0.3 is 20.1 Å². The molecule has 0 spiro atoms. The zero-order chi connectivity index (χ0) is 14.0. The van der Waals surface area contributed by atoms with Gasteiger partial charge in [-0.1, -0.05) is 0 Å². The monoisotopic (exact) mass is 264 g/mol. The highest BCUT2D eigenvalue weighted by Gasteiger charge is 2.27. The van der Waals surface area contributed by atoms with Gasteiger partial charge in [0.05, 0.1) is 24.9 Å². The first-order valence-electron chi connectivity index (χ1n) is 6.39. The van der Waals surface area contributed by atoms with Crippen LogP contribution < -0.4 is 10.5 Å². The van der Waals surface area contributed by atoms with Crippen LogP contribution in [0.3, 0.4) is 0 Å². The van der Waals surface area contributed by atoms with Crippen LogP contribution in [0.5, 0.6) is 5.75 Å². The van der Waals surface area contributed by atoms with E-state index in [2.05, 4.69) is 0 Å². The normalized spacial score (nSPS) is 23.2. The van der Waals surface area contributed by atoms with E-state index in [-0.39, 0.29) is 18.1 Å². The molecule has 5 nitrogen and oxygen atoms in total. The third kappa shape index (κ3) is 2.98. The first kappa shape index (κ1) is 13.7. The van der Waals surface area contributed by atoms with E-state index >= 15 is 0 Å². The Morgan fingerprint density at radius 2 is 2.00 bits per heavy atom. The topological polar surface area (TPSA) is 64.8 Å². The SMILES string of the molecule is COc1ccc(C(=O)N2CC(C)OC(C)C2)c(N)c1. The maximum absolute atomic E-state index is 12.5. The van der Waals surface area contributed by atoms with Gasteiger partial charge in [-0.05, 0) is 26.0 Å². The molecule has 5 heteroatoms. The Kier molecular flexibility index (Phi) is 3.95. The van der Waals surface area contributed by atoms with Gasteiger partial charge in [0.2, 0.25) is 0 Å². The summed E-state index contributed by atoms with van der Waals surface area (Å²) >= 11 is 0. The fraction of sp³-hybridized carbons (Fsp3) is 0.500. The number of anilines is 1. The molecule has 1 heterocycles. The Bertz CT molecular complexity index is 466. The summed E-state index contributed by atoms with van der Waals surface area (Å²) in [7, 11) is 1.57. The number of ether oxygens (including phenoxy) is 2. The molecule has 19 heavy (non-hydrogen) atoms. The molecule has 2 rings (SSSR count). The number of nitrogens with two attached hydrogens (primary N) is 1. The molecule has 1 amide bonds. The number of carbonyl (C=O) groups is 1. The van der Waals surface area contributed by atoms with Crippen LogP contribution >= 0.6 is 0 Å². The molecule has 1 aromatic rings. The summed E-state index contributed by atoms with van der Waals surface area (Å²) in [4.78, 5) is 14.2. The summed E-state index contributed by atoms with van der Waals surface area (Å²) in [5.74, 6) is 0.597. The number of hydrogen-bond donors (Lipinski definition) is 1. The number of morpholine rings is 1. The number of carbonyl (C=O) groups excluding carboxylic acids is 1. The van der Waals surface area contributed by atoms with Crippen molar-refractivity contribution in [3.05, 3.63) is 23.8 Å². The van der Waals surface area contributed by atoms with Crippen LogP contribution in [0.15, 0.2) is 18.2 Å². The zero-order valence-corrected chi connectivity index (χ0v) is 11.6. The van der Waals surface area contributed by atoms with Crippen LogP contribution in [0.1, 0.15) is 24.2 Å². The molecule has 2 unspecified atom stereocenters. The first-order valence-corrected chi connectivity index (χ1v) is 6.39. The molecule has 1 aliphatic rings. The second-order valence-corrected chi connectivity index (χ2v) is 4.92. The Labute approximate surface area is 113 Å². The quantitative estimate of drug-likeness (QED) is 0.823. The van der Waals surface area contributed by atoms with E-state index in [0.29, 0.717) is 30.1 Å². The number of benzene rings is 1. The number of rotatable bonds is 2. The number of nitrogens with zero attached hydrogens (tertiary/aromatic N) is 1. The van der Waals surface area contributed by atoms with Crippen LogP contribution in [0.2, 0.25) is 0 Å². The molecule has 1 aromatic carbocycles. The Balaban J connectivity index is 2.19. The Hall–Kier alpha value is -1.75. The van der Waals surface area contributed by atoms with Gasteiger partial charge in [-0.25, -0.2) is 0 Å². The van der Waals surface area contributed by atoms with Gasteiger partial charge in [-0.3, -0.25) is 4.79 Å². The lowest BCUT2D eigenvalue weighted by atomic mass is 10.1.